The quantitative estimate of drug-likeness (QED) is 0.839. The summed E-state index contributed by atoms with van der Waals surface area (Å²) in [6.07, 6.45) is 1.60. The van der Waals surface area contributed by atoms with E-state index in [-0.39, 0.29) is 17.4 Å². The van der Waals surface area contributed by atoms with Crippen LogP contribution in [0.3, 0.4) is 0 Å². The van der Waals surface area contributed by atoms with Crippen molar-refractivity contribution in [1.82, 2.24) is 4.90 Å². The summed E-state index contributed by atoms with van der Waals surface area (Å²) in [4.78, 5) is 2.23. The molecule has 136 valence electrons. The molecule has 2 unspecified atom stereocenters. The molecule has 1 saturated heterocycles. The second-order valence-electron chi connectivity index (χ2n) is 8.55. The van der Waals surface area contributed by atoms with Crippen molar-refractivity contribution in [2.45, 2.75) is 52.1 Å². The van der Waals surface area contributed by atoms with Gasteiger partial charge in [0.1, 0.15) is 18.5 Å². The first kappa shape index (κ1) is 19.2. The highest BCUT2D eigenvalue weighted by atomic mass is 16.5. The van der Waals surface area contributed by atoms with Crippen molar-refractivity contribution in [1.29, 1.82) is 0 Å². The van der Waals surface area contributed by atoms with Gasteiger partial charge in [0.15, 0.2) is 0 Å². The lowest BCUT2D eigenvalue weighted by Gasteiger charge is -2.40. The maximum Gasteiger partial charge on any atom is 0.119 e. The Balaban J connectivity index is 1.80. The molecule has 24 heavy (non-hydrogen) atoms. The van der Waals surface area contributed by atoms with Crippen LogP contribution in [0.15, 0.2) is 24.3 Å². The van der Waals surface area contributed by atoms with Gasteiger partial charge in [-0.05, 0) is 42.5 Å². The highest BCUT2D eigenvalue weighted by Crippen LogP contribution is 2.28. The Bertz CT molecular complexity index is 509. The number of aliphatic hydroxyl groups is 2. The number of piperidine rings is 1. The van der Waals surface area contributed by atoms with Crippen LogP contribution in [-0.4, -0.2) is 54.1 Å². The number of rotatable bonds is 6. The molecule has 2 atom stereocenters. The van der Waals surface area contributed by atoms with Crippen molar-refractivity contribution < 1.29 is 14.9 Å². The molecule has 4 heteroatoms. The highest BCUT2D eigenvalue weighted by Gasteiger charge is 2.31. The van der Waals surface area contributed by atoms with Crippen molar-refractivity contribution in [3.05, 3.63) is 29.8 Å². The average Bonchev–Trinajstić information content (AvgIpc) is 2.52. The molecule has 0 aromatic heterocycles. The first-order valence-corrected chi connectivity index (χ1v) is 8.96. The smallest absolute Gasteiger partial charge is 0.119 e. The molecule has 2 N–H and O–H groups in total. The molecule has 0 aliphatic carbocycles. The van der Waals surface area contributed by atoms with Crippen LogP contribution in [0.5, 0.6) is 5.75 Å². The number of aliphatic hydroxyl groups excluding tert-OH is 2. The van der Waals surface area contributed by atoms with E-state index >= 15 is 0 Å². The number of likely N-dealkylation sites (tertiary alicyclic amines) is 1. The Labute approximate surface area is 146 Å². The zero-order valence-electron chi connectivity index (χ0n) is 15.6. The predicted octanol–water partition coefficient (Wildman–Crippen LogP) is 2.82. The highest BCUT2D eigenvalue weighted by molar-refractivity contribution is 5.31. The van der Waals surface area contributed by atoms with Crippen LogP contribution in [0.25, 0.3) is 0 Å². The molecule has 0 saturated carbocycles. The number of benzene rings is 1. The largest absolute Gasteiger partial charge is 0.491 e. The zero-order valence-corrected chi connectivity index (χ0v) is 15.6. The summed E-state index contributed by atoms with van der Waals surface area (Å²) in [5.41, 5.74) is 1.36. The molecule has 0 amide bonds. The standard InChI is InChI=1S/C20H33NO3/c1-19(2,3)16-6-8-18(9-7-16)24-13-17(23)12-21-11-5-10-20(4,14-21)15-22/h6-9,17,22-23H,5,10-15H2,1-4H3. The van der Waals surface area contributed by atoms with Gasteiger partial charge >= 0.3 is 0 Å². The van der Waals surface area contributed by atoms with Crippen molar-refractivity contribution in [3.63, 3.8) is 0 Å². The van der Waals surface area contributed by atoms with E-state index in [2.05, 4.69) is 44.7 Å². The van der Waals surface area contributed by atoms with E-state index in [9.17, 15) is 10.2 Å². The van der Waals surface area contributed by atoms with Gasteiger partial charge in [-0.2, -0.15) is 0 Å². The van der Waals surface area contributed by atoms with Crippen LogP contribution in [0.1, 0.15) is 46.1 Å². The van der Waals surface area contributed by atoms with Crippen LogP contribution < -0.4 is 4.74 Å². The van der Waals surface area contributed by atoms with Crippen LogP contribution in [0, 0.1) is 5.41 Å². The van der Waals surface area contributed by atoms with Gasteiger partial charge in [-0.25, -0.2) is 0 Å². The van der Waals surface area contributed by atoms with Crippen molar-refractivity contribution in [2.75, 3.05) is 32.8 Å². The van der Waals surface area contributed by atoms with E-state index < -0.39 is 6.10 Å². The second kappa shape index (κ2) is 7.85. The van der Waals surface area contributed by atoms with Crippen LogP contribution in [0.2, 0.25) is 0 Å². The summed E-state index contributed by atoms with van der Waals surface area (Å²) in [6.45, 7) is 11.6. The monoisotopic (exact) mass is 335 g/mol. The molecule has 4 nitrogen and oxygen atoms in total. The molecule has 1 aliphatic heterocycles. The van der Waals surface area contributed by atoms with Gasteiger partial charge in [-0.3, -0.25) is 0 Å². The minimum Gasteiger partial charge on any atom is -0.491 e. The van der Waals surface area contributed by atoms with Crippen LogP contribution >= 0.6 is 0 Å². The van der Waals surface area contributed by atoms with E-state index in [0.717, 1.165) is 31.7 Å². The third-order valence-electron chi connectivity index (χ3n) is 4.87. The molecule has 0 radical (unpaired) electrons. The van der Waals surface area contributed by atoms with Gasteiger partial charge in [0.25, 0.3) is 0 Å². The van der Waals surface area contributed by atoms with E-state index in [1.807, 2.05) is 12.1 Å². The average molecular weight is 335 g/mol. The second-order valence-corrected chi connectivity index (χ2v) is 8.55. The summed E-state index contributed by atoms with van der Waals surface area (Å²) in [6, 6.07) is 8.10. The molecule has 2 rings (SSSR count). The summed E-state index contributed by atoms with van der Waals surface area (Å²) < 4.78 is 5.73. The minimum atomic E-state index is -0.520. The number of hydrogen-bond acceptors (Lipinski definition) is 4. The maximum atomic E-state index is 10.3. The predicted molar refractivity (Wildman–Crippen MR) is 97.5 cm³/mol. The first-order chi connectivity index (χ1) is 11.2. The lowest BCUT2D eigenvalue weighted by atomic mass is 9.83. The molecule has 1 aliphatic rings. The first-order valence-electron chi connectivity index (χ1n) is 8.96. The number of ether oxygens (including phenoxy) is 1. The molecule has 1 aromatic rings. The lowest BCUT2D eigenvalue weighted by molar-refractivity contribution is 0.0100. The fourth-order valence-corrected chi connectivity index (χ4v) is 3.31. The topological polar surface area (TPSA) is 52.9 Å². The van der Waals surface area contributed by atoms with E-state index in [1.165, 1.54) is 5.56 Å². The Morgan fingerprint density at radius 3 is 2.50 bits per heavy atom. The fraction of sp³-hybridized carbons (Fsp3) is 0.700. The molecule has 1 fully saturated rings. The van der Waals surface area contributed by atoms with Gasteiger partial charge in [0, 0.05) is 25.1 Å². The third kappa shape index (κ3) is 5.47. The van der Waals surface area contributed by atoms with Gasteiger partial charge in [-0.15, -0.1) is 0 Å². The number of β-amino-alcohol motifs (C(OH)–C–C–N with tert-alkyl or cyclic N) is 1. The number of hydrogen-bond donors (Lipinski definition) is 2. The zero-order chi connectivity index (χ0) is 17.8. The Kier molecular flexibility index (Phi) is 6.29. The molecular formula is C20H33NO3. The normalized spacial score (nSPS) is 23.9. The lowest BCUT2D eigenvalue weighted by Crippen LogP contribution is -2.47. The molecule has 1 heterocycles. The van der Waals surface area contributed by atoms with E-state index in [0.29, 0.717) is 13.2 Å². The molecule has 1 aromatic carbocycles. The summed E-state index contributed by atoms with van der Waals surface area (Å²) >= 11 is 0. The molecule has 0 spiro atoms. The Hall–Kier alpha value is -1.10. The van der Waals surface area contributed by atoms with Crippen molar-refractivity contribution >= 4 is 0 Å². The van der Waals surface area contributed by atoms with Gasteiger partial charge in [0.05, 0.1) is 0 Å². The molecule has 0 bridgehead atoms. The van der Waals surface area contributed by atoms with E-state index in [4.69, 9.17) is 4.74 Å². The fourth-order valence-electron chi connectivity index (χ4n) is 3.31. The van der Waals surface area contributed by atoms with Gasteiger partial charge in [-0.1, -0.05) is 39.8 Å². The minimum absolute atomic E-state index is 0.0401. The molecular weight excluding hydrogens is 302 g/mol. The Morgan fingerprint density at radius 1 is 1.25 bits per heavy atom. The van der Waals surface area contributed by atoms with Crippen molar-refractivity contribution in [3.8, 4) is 5.75 Å². The summed E-state index contributed by atoms with van der Waals surface area (Å²) in [5, 5.41) is 19.8. The maximum absolute atomic E-state index is 10.3. The Morgan fingerprint density at radius 2 is 1.92 bits per heavy atom. The van der Waals surface area contributed by atoms with Crippen molar-refractivity contribution in [2.24, 2.45) is 5.41 Å². The van der Waals surface area contributed by atoms with Crippen LogP contribution in [-0.2, 0) is 5.41 Å². The number of nitrogens with zero attached hydrogens (tertiary/aromatic N) is 1. The SMILES string of the molecule is CC1(CO)CCCN(CC(O)COc2ccc(C(C)(C)C)cc2)C1. The summed E-state index contributed by atoms with van der Waals surface area (Å²) in [5.74, 6) is 0.792. The van der Waals surface area contributed by atoms with Crippen LogP contribution in [0.4, 0.5) is 0 Å². The van der Waals surface area contributed by atoms with E-state index in [1.54, 1.807) is 0 Å². The van der Waals surface area contributed by atoms with Gasteiger partial charge in [0.2, 0.25) is 0 Å². The third-order valence-corrected chi connectivity index (χ3v) is 4.87. The van der Waals surface area contributed by atoms with Gasteiger partial charge < -0.3 is 19.8 Å². The summed E-state index contributed by atoms with van der Waals surface area (Å²) in [7, 11) is 0.